The van der Waals surface area contributed by atoms with Crippen LogP contribution in [0.25, 0.3) is 0 Å². The summed E-state index contributed by atoms with van der Waals surface area (Å²) in [6.07, 6.45) is 4.14. The SMILES string of the molecule is NNC(c1cccc(OC2CC2)c1)c1ncc(Cl)cc1Cl. The summed E-state index contributed by atoms with van der Waals surface area (Å²) >= 11 is 12.1. The van der Waals surface area contributed by atoms with Gasteiger partial charge in [0.25, 0.3) is 0 Å². The Morgan fingerprint density at radius 3 is 2.76 bits per heavy atom. The number of ether oxygens (including phenoxy) is 1. The first-order valence-electron chi connectivity index (χ1n) is 6.71. The van der Waals surface area contributed by atoms with Gasteiger partial charge in [0, 0.05) is 6.20 Å². The highest BCUT2D eigenvalue weighted by atomic mass is 35.5. The Bertz CT molecular complexity index is 647. The molecule has 0 radical (unpaired) electrons. The van der Waals surface area contributed by atoms with E-state index >= 15 is 0 Å². The smallest absolute Gasteiger partial charge is 0.120 e. The molecule has 1 fully saturated rings. The summed E-state index contributed by atoms with van der Waals surface area (Å²) in [5.74, 6) is 6.52. The Hall–Kier alpha value is -1.33. The molecular weight excluding hydrogens is 309 g/mol. The number of hydrogen-bond acceptors (Lipinski definition) is 4. The lowest BCUT2D eigenvalue weighted by Gasteiger charge is -2.18. The predicted molar refractivity (Wildman–Crippen MR) is 83.5 cm³/mol. The lowest BCUT2D eigenvalue weighted by atomic mass is 10.0. The third-order valence-electron chi connectivity index (χ3n) is 3.29. The van der Waals surface area contributed by atoms with Crippen LogP contribution >= 0.6 is 23.2 Å². The third-order valence-corrected chi connectivity index (χ3v) is 3.80. The highest BCUT2D eigenvalue weighted by Crippen LogP contribution is 2.31. The van der Waals surface area contributed by atoms with Crippen LogP contribution in [0.3, 0.4) is 0 Å². The quantitative estimate of drug-likeness (QED) is 0.653. The maximum atomic E-state index is 6.21. The number of nitrogens with zero attached hydrogens (tertiary/aromatic N) is 1. The summed E-state index contributed by atoms with van der Waals surface area (Å²) in [5, 5.41) is 0.962. The van der Waals surface area contributed by atoms with Crippen molar-refractivity contribution in [2.75, 3.05) is 0 Å². The van der Waals surface area contributed by atoms with E-state index in [-0.39, 0.29) is 6.04 Å². The number of pyridine rings is 1. The van der Waals surface area contributed by atoms with Gasteiger partial charge in [-0.3, -0.25) is 10.8 Å². The zero-order valence-electron chi connectivity index (χ0n) is 11.2. The van der Waals surface area contributed by atoms with Gasteiger partial charge in [0.1, 0.15) is 5.75 Å². The molecule has 1 atom stereocenters. The largest absolute Gasteiger partial charge is 0.490 e. The zero-order chi connectivity index (χ0) is 14.8. The fraction of sp³-hybridized carbons (Fsp3) is 0.267. The standard InChI is InChI=1S/C15H15Cl2N3O/c16-10-7-13(17)15(19-8-10)14(20-18)9-2-1-3-12(6-9)21-11-4-5-11/h1-3,6-8,11,14,20H,4-5,18H2. The Kier molecular flexibility index (Phi) is 4.31. The normalized spacial score (nSPS) is 15.8. The van der Waals surface area contributed by atoms with E-state index in [1.807, 2.05) is 24.3 Å². The van der Waals surface area contributed by atoms with Gasteiger partial charge in [-0.2, -0.15) is 0 Å². The Labute approximate surface area is 133 Å². The summed E-state index contributed by atoms with van der Waals surface area (Å²) in [6, 6.07) is 9.11. The molecule has 2 aromatic rings. The fourth-order valence-electron chi connectivity index (χ4n) is 2.12. The molecule has 1 unspecified atom stereocenters. The topological polar surface area (TPSA) is 60.2 Å². The van der Waals surface area contributed by atoms with Crippen molar-refractivity contribution >= 4 is 23.2 Å². The number of halogens is 2. The van der Waals surface area contributed by atoms with Crippen molar-refractivity contribution < 1.29 is 4.74 Å². The molecule has 1 heterocycles. The van der Waals surface area contributed by atoms with Crippen LogP contribution in [0.1, 0.15) is 30.1 Å². The van der Waals surface area contributed by atoms with Crippen LogP contribution in [-0.2, 0) is 0 Å². The Morgan fingerprint density at radius 1 is 1.29 bits per heavy atom. The van der Waals surface area contributed by atoms with Gasteiger partial charge in [-0.15, -0.1) is 0 Å². The van der Waals surface area contributed by atoms with Gasteiger partial charge >= 0.3 is 0 Å². The van der Waals surface area contributed by atoms with Gasteiger partial charge in [-0.25, -0.2) is 5.43 Å². The number of aromatic nitrogens is 1. The first-order valence-corrected chi connectivity index (χ1v) is 7.46. The van der Waals surface area contributed by atoms with E-state index in [2.05, 4.69) is 10.4 Å². The molecule has 0 aliphatic heterocycles. The average Bonchev–Trinajstić information content (AvgIpc) is 3.26. The average molecular weight is 324 g/mol. The van der Waals surface area contributed by atoms with Crippen LogP contribution < -0.4 is 16.0 Å². The highest BCUT2D eigenvalue weighted by molar-refractivity contribution is 6.34. The van der Waals surface area contributed by atoms with Crippen LogP contribution in [-0.4, -0.2) is 11.1 Å². The minimum Gasteiger partial charge on any atom is -0.490 e. The molecule has 0 bridgehead atoms. The molecule has 1 aromatic carbocycles. The minimum atomic E-state index is -0.322. The number of rotatable bonds is 5. The van der Waals surface area contributed by atoms with Crippen LogP contribution in [0, 0.1) is 0 Å². The van der Waals surface area contributed by atoms with Crippen molar-refractivity contribution in [3.05, 3.63) is 57.8 Å². The number of hydrazine groups is 1. The second-order valence-electron chi connectivity index (χ2n) is 5.01. The van der Waals surface area contributed by atoms with E-state index in [9.17, 15) is 0 Å². The van der Waals surface area contributed by atoms with Gasteiger partial charge in [-0.05, 0) is 36.6 Å². The molecule has 1 aliphatic carbocycles. The van der Waals surface area contributed by atoms with Crippen molar-refractivity contribution in [2.24, 2.45) is 5.84 Å². The zero-order valence-corrected chi connectivity index (χ0v) is 12.7. The third kappa shape index (κ3) is 3.47. The van der Waals surface area contributed by atoms with E-state index in [4.69, 9.17) is 33.8 Å². The Balaban J connectivity index is 1.91. The van der Waals surface area contributed by atoms with Crippen molar-refractivity contribution in [3.8, 4) is 5.75 Å². The van der Waals surface area contributed by atoms with E-state index < -0.39 is 0 Å². The summed E-state index contributed by atoms with van der Waals surface area (Å²) in [6.45, 7) is 0. The molecule has 0 amide bonds. The van der Waals surface area contributed by atoms with Crippen molar-refractivity contribution in [1.29, 1.82) is 0 Å². The fourth-order valence-corrected chi connectivity index (χ4v) is 2.61. The maximum Gasteiger partial charge on any atom is 0.120 e. The van der Waals surface area contributed by atoms with Crippen LogP contribution in [0.5, 0.6) is 5.75 Å². The monoisotopic (exact) mass is 323 g/mol. The number of nitrogens with two attached hydrogens (primary N) is 1. The molecule has 1 aliphatic rings. The second kappa shape index (κ2) is 6.20. The first kappa shape index (κ1) is 14.6. The van der Waals surface area contributed by atoms with Crippen LogP contribution in [0.15, 0.2) is 36.5 Å². The minimum absolute atomic E-state index is 0.322. The summed E-state index contributed by atoms with van der Waals surface area (Å²) in [7, 11) is 0. The molecule has 6 heteroatoms. The van der Waals surface area contributed by atoms with Crippen LogP contribution in [0.4, 0.5) is 0 Å². The maximum absolute atomic E-state index is 6.21. The summed E-state index contributed by atoms with van der Waals surface area (Å²) < 4.78 is 5.80. The lowest BCUT2D eigenvalue weighted by molar-refractivity contribution is 0.302. The Morgan fingerprint density at radius 2 is 2.10 bits per heavy atom. The molecule has 21 heavy (non-hydrogen) atoms. The number of hydrogen-bond donors (Lipinski definition) is 2. The van der Waals surface area contributed by atoms with Gasteiger partial charge in [-0.1, -0.05) is 35.3 Å². The van der Waals surface area contributed by atoms with E-state index in [0.717, 1.165) is 24.2 Å². The van der Waals surface area contributed by atoms with Gasteiger partial charge in [0.05, 0.1) is 27.9 Å². The molecule has 110 valence electrons. The van der Waals surface area contributed by atoms with E-state index in [0.29, 0.717) is 21.8 Å². The number of nitrogens with one attached hydrogen (secondary N) is 1. The summed E-state index contributed by atoms with van der Waals surface area (Å²) in [4.78, 5) is 4.28. The molecular formula is C15H15Cl2N3O. The van der Waals surface area contributed by atoms with Gasteiger partial charge < -0.3 is 4.74 Å². The van der Waals surface area contributed by atoms with Gasteiger partial charge in [0.15, 0.2) is 0 Å². The highest BCUT2D eigenvalue weighted by Gasteiger charge is 2.24. The van der Waals surface area contributed by atoms with Crippen molar-refractivity contribution in [3.63, 3.8) is 0 Å². The molecule has 0 spiro atoms. The molecule has 1 saturated carbocycles. The van der Waals surface area contributed by atoms with E-state index in [1.54, 1.807) is 12.3 Å². The summed E-state index contributed by atoms with van der Waals surface area (Å²) in [5.41, 5.74) is 4.31. The molecule has 3 rings (SSSR count). The van der Waals surface area contributed by atoms with Crippen molar-refractivity contribution in [2.45, 2.75) is 25.0 Å². The molecule has 0 saturated heterocycles. The van der Waals surface area contributed by atoms with Crippen molar-refractivity contribution in [1.82, 2.24) is 10.4 Å². The van der Waals surface area contributed by atoms with Crippen LogP contribution in [0.2, 0.25) is 10.0 Å². The van der Waals surface area contributed by atoms with Gasteiger partial charge in [0.2, 0.25) is 0 Å². The van der Waals surface area contributed by atoms with E-state index in [1.165, 1.54) is 0 Å². The predicted octanol–water partition coefficient (Wildman–Crippen LogP) is 3.48. The first-order chi connectivity index (χ1) is 10.2. The second-order valence-corrected chi connectivity index (χ2v) is 5.85. The molecule has 4 nitrogen and oxygen atoms in total. The lowest BCUT2D eigenvalue weighted by Crippen LogP contribution is -2.29. The molecule has 3 N–H and O–H groups in total. The molecule has 1 aromatic heterocycles. The number of benzene rings is 1.